The van der Waals surface area contributed by atoms with E-state index < -0.39 is 12.0 Å². The van der Waals surface area contributed by atoms with Crippen molar-refractivity contribution in [3.05, 3.63) is 89.7 Å². The summed E-state index contributed by atoms with van der Waals surface area (Å²) in [5.74, 6) is -0.244. The molecule has 0 aliphatic heterocycles. The molecular weight excluding hydrogens is 508 g/mol. The number of nitrogens with two attached hydrogens (primary N) is 1. The Morgan fingerprint density at radius 2 is 1.93 bits per heavy atom. The number of hydrogen-bond acceptors (Lipinski definition) is 7. The minimum Gasteiger partial charge on any atom is -0.489 e. The van der Waals surface area contributed by atoms with E-state index in [-0.39, 0.29) is 31.0 Å². The second-order valence-corrected chi connectivity index (χ2v) is 9.96. The fraction of sp³-hybridized carbons (Fsp3) is 0.312. The number of carbonyl (C=O) groups is 2. The molecule has 40 heavy (non-hydrogen) atoms. The molecule has 1 amide bonds. The SMILES string of the molecule is CCOC(=O)C(NC(=O)C1CC1COC)c1ccccc1OCc1cc(-c2cccc(CN)c2)c2occc2c1. The molecule has 208 valence electrons. The first-order chi connectivity index (χ1) is 19.5. The van der Waals surface area contributed by atoms with E-state index in [2.05, 4.69) is 11.4 Å². The molecule has 1 fully saturated rings. The summed E-state index contributed by atoms with van der Waals surface area (Å²) in [6.45, 7) is 3.14. The standard InChI is InChI=1S/C32H34N2O6/c1-3-38-32(36)29(34-31(35)27-16-24(27)19-37-2)25-9-4-5-10-28(25)40-18-21-14-23-11-12-39-30(23)26(15-21)22-8-6-7-20(13-22)17-33/h4-15,24,27,29H,3,16-19,33H2,1-2H3,(H,34,35). The van der Waals surface area contributed by atoms with Crippen LogP contribution in [0.1, 0.15) is 36.1 Å². The topological polar surface area (TPSA) is 113 Å². The Morgan fingerprint density at radius 3 is 2.73 bits per heavy atom. The van der Waals surface area contributed by atoms with Gasteiger partial charge in [0.2, 0.25) is 5.91 Å². The average Bonchev–Trinajstić information content (AvgIpc) is 3.59. The van der Waals surface area contributed by atoms with Gasteiger partial charge in [0, 0.05) is 42.7 Å². The number of methoxy groups -OCH3 is 1. The summed E-state index contributed by atoms with van der Waals surface area (Å²) in [4.78, 5) is 25.9. The molecule has 3 atom stereocenters. The van der Waals surface area contributed by atoms with E-state index >= 15 is 0 Å². The Balaban J connectivity index is 1.40. The van der Waals surface area contributed by atoms with Gasteiger partial charge in [0.1, 0.15) is 17.9 Å². The number of furan rings is 1. The van der Waals surface area contributed by atoms with E-state index in [0.29, 0.717) is 24.5 Å². The van der Waals surface area contributed by atoms with Crippen LogP contribution in [-0.2, 0) is 32.2 Å². The van der Waals surface area contributed by atoms with Crippen LogP contribution in [0.4, 0.5) is 0 Å². The first-order valence-electron chi connectivity index (χ1n) is 13.5. The molecule has 1 saturated carbocycles. The van der Waals surface area contributed by atoms with Crippen LogP contribution in [0.2, 0.25) is 0 Å². The predicted molar refractivity (Wildman–Crippen MR) is 151 cm³/mol. The van der Waals surface area contributed by atoms with Gasteiger partial charge in [-0.1, -0.05) is 36.4 Å². The van der Waals surface area contributed by atoms with Crippen LogP contribution in [0.5, 0.6) is 5.75 Å². The van der Waals surface area contributed by atoms with Gasteiger partial charge >= 0.3 is 5.97 Å². The van der Waals surface area contributed by atoms with Crippen LogP contribution in [0.3, 0.4) is 0 Å². The number of esters is 1. The highest BCUT2D eigenvalue weighted by Gasteiger charge is 2.44. The third-order valence-electron chi connectivity index (χ3n) is 7.16. The van der Waals surface area contributed by atoms with Crippen LogP contribution < -0.4 is 15.8 Å². The van der Waals surface area contributed by atoms with Crippen LogP contribution in [0.15, 0.2) is 77.4 Å². The van der Waals surface area contributed by atoms with Gasteiger partial charge in [-0.25, -0.2) is 4.79 Å². The van der Waals surface area contributed by atoms with Gasteiger partial charge in [-0.05, 0) is 66.3 Å². The molecule has 0 radical (unpaired) electrons. The van der Waals surface area contributed by atoms with Gasteiger partial charge in [-0.2, -0.15) is 0 Å². The largest absolute Gasteiger partial charge is 0.489 e. The minimum atomic E-state index is -0.988. The summed E-state index contributed by atoms with van der Waals surface area (Å²) < 4.78 is 22.6. The van der Waals surface area contributed by atoms with Gasteiger partial charge in [0.05, 0.1) is 12.9 Å². The molecule has 0 bridgehead atoms. The van der Waals surface area contributed by atoms with Crippen molar-refractivity contribution in [2.24, 2.45) is 17.6 Å². The number of rotatable bonds is 12. The molecular formula is C32H34N2O6. The smallest absolute Gasteiger partial charge is 0.333 e. The number of para-hydroxylation sites is 1. The Bertz CT molecular complexity index is 1500. The summed E-state index contributed by atoms with van der Waals surface area (Å²) in [5, 5.41) is 3.85. The maximum absolute atomic E-state index is 13.0. The normalized spacial score (nSPS) is 16.9. The van der Waals surface area contributed by atoms with Crippen molar-refractivity contribution < 1.29 is 28.2 Å². The molecule has 4 aromatic rings. The monoisotopic (exact) mass is 542 g/mol. The van der Waals surface area contributed by atoms with Gasteiger partial charge in [-0.15, -0.1) is 0 Å². The molecule has 1 aliphatic rings. The average molecular weight is 543 g/mol. The number of nitrogens with one attached hydrogen (secondary N) is 1. The predicted octanol–water partition coefficient (Wildman–Crippen LogP) is 5.14. The molecule has 0 saturated heterocycles. The lowest BCUT2D eigenvalue weighted by molar-refractivity contribution is -0.147. The summed E-state index contributed by atoms with van der Waals surface area (Å²) >= 11 is 0. The molecule has 1 aliphatic carbocycles. The summed E-state index contributed by atoms with van der Waals surface area (Å²) in [6, 6.07) is 20.3. The van der Waals surface area contributed by atoms with Crippen LogP contribution >= 0.6 is 0 Å². The number of fused-ring (bicyclic) bond motifs is 1. The number of benzene rings is 3. The Labute approximate surface area is 233 Å². The quantitative estimate of drug-likeness (QED) is 0.238. The molecule has 3 N–H and O–H groups in total. The molecule has 3 unspecified atom stereocenters. The fourth-order valence-corrected chi connectivity index (χ4v) is 5.02. The van der Waals surface area contributed by atoms with Crippen molar-refractivity contribution in [2.75, 3.05) is 20.3 Å². The van der Waals surface area contributed by atoms with E-state index in [1.54, 1.807) is 32.4 Å². The minimum absolute atomic E-state index is 0.164. The van der Waals surface area contributed by atoms with Crippen LogP contribution in [-0.4, -0.2) is 32.2 Å². The van der Waals surface area contributed by atoms with Crippen molar-refractivity contribution in [1.29, 1.82) is 0 Å². The van der Waals surface area contributed by atoms with E-state index in [1.807, 2.05) is 48.5 Å². The van der Waals surface area contributed by atoms with Crippen molar-refractivity contribution in [3.63, 3.8) is 0 Å². The second kappa shape index (κ2) is 12.4. The third kappa shape index (κ3) is 6.03. The molecule has 0 spiro atoms. The zero-order valence-corrected chi connectivity index (χ0v) is 22.7. The van der Waals surface area contributed by atoms with E-state index in [0.717, 1.165) is 39.6 Å². The molecule has 1 aromatic heterocycles. The van der Waals surface area contributed by atoms with Gasteiger partial charge in [-0.3, -0.25) is 4.79 Å². The highest BCUT2D eigenvalue weighted by atomic mass is 16.5. The van der Waals surface area contributed by atoms with E-state index in [4.69, 9.17) is 24.4 Å². The maximum atomic E-state index is 13.0. The van der Waals surface area contributed by atoms with E-state index in [1.165, 1.54) is 0 Å². The van der Waals surface area contributed by atoms with Gasteiger partial charge in [0.25, 0.3) is 0 Å². The molecule has 1 heterocycles. The maximum Gasteiger partial charge on any atom is 0.333 e. The Hall–Kier alpha value is -4.14. The number of hydrogen-bond donors (Lipinski definition) is 2. The lowest BCUT2D eigenvalue weighted by Gasteiger charge is -2.21. The Morgan fingerprint density at radius 1 is 1.07 bits per heavy atom. The highest BCUT2D eigenvalue weighted by Crippen LogP contribution is 2.39. The molecule has 5 rings (SSSR count). The van der Waals surface area contributed by atoms with Crippen molar-refractivity contribution in [1.82, 2.24) is 5.32 Å². The van der Waals surface area contributed by atoms with E-state index in [9.17, 15) is 9.59 Å². The molecule has 8 nitrogen and oxygen atoms in total. The number of amides is 1. The zero-order valence-electron chi connectivity index (χ0n) is 22.7. The zero-order chi connectivity index (χ0) is 28.1. The van der Waals surface area contributed by atoms with Crippen molar-refractivity contribution in [2.45, 2.75) is 32.5 Å². The Kier molecular flexibility index (Phi) is 8.48. The summed E-state index contributed by atoms with van der Waals surface area (Å²) in [6.07, 6.45) is 2.41. The highest BCUT2D eigenvalue weighted by molar-refractivity contribution is 5.93. The van der Waals surface area contributed by atoms with Crippen molar-refractivity contribution in [3.8, 4) is 16.9 Å². The van der Waals surface area contributed by atoms with Gasteiger partial charge in [0.15, 0.2) is 6.04 Å². The van der Waals surface area contributed by atoms with Crippen LogP contribution in [0.25, 0.3) is 22.1 Å². The van der Waals surface area contributed by atoms with Crippen molar-refractivity contribution >= 4 is 22.8 Å². The first-order valence-corrected chi connectivity index (χ1v) is 13.5. The van der Waals surface area contributed by atoms with Gasteiger partial charge < -0.3 is 29.7 Å². The first kappa shape index (κ1) is 27.4. The number of ether oxygens (including phenoxy) is 3. The molecule has 3 aromatic carbocycles. The second-order valence-electron chi connectivity index (χ2n) is 9.96. The lowest BCUT2D eigenvalue weighted by atomic mass is 9.99. The summed E-state index contributed by atoms with van der Waals surface area (Å²) in [5.41, 5.74) is 11.1. The third-order valence-corrected chi connectivity index (χ3v) is 7.16. The summed E-state index contributed by atoms with van der Waals surface area (Å²) in [7, 11) is 1.62. The number of carbonyl (C=O) groups excluding carboxylic acids is 2. The lowest BCUT2D eigenvalue weighted by Crippen LogP contribution is -2.36. The molecule has 8 heteroatoms. The van der Waals surface area contributed by atoms with Crippen LogP contribution in [0, 0.1) is 11.8 Å². The fourth-order valence-electron chi connectivity index (χ4n) is 5.02.